The van der Waals surface area contributed by atoms with E-state index in [-0.39, 0.29) is 16.7 Å². The summed E-state index contributed by atoms with van der Waals surface area (Å²) in [6.07, 6.45) is 0. The van der Waals surface area contributed by atoms with Gasteiger partial charge in [-0.2, -0.15) is 0 Å². The lowest BCUT2D eigenvalue weighted by Gasteiger charge is -2.37. The summed E-state index contributed by atoms with van der Waals surface area (Å²) >= 11 is 0. The molecule has 0 radical (unpaired) electrons. The standard InChI is InChI=1S/C16H28O3SSi/c1-14(12-19-21(5,6)16(2,3)4)13-20(17,18)15-10-8-7-9-11-15/h7-11,14H,12-13H2,1-6H3. The van der Waals surface area contributed by atoms with Gasteiger partial charge in [0.2, 0.25) is 0 Å². The molecule has 1 rings (SSSR count). The molecule has 0 aliphatic carbocycles. The van der Waals surface area contributed by atoms with Gasteiger partial charge >= 0.3 is 0 Å². The third kappa shape index (κ3) is 5.24. The van der Waals surface area contributed by atoms with Crippen LogP contribution in [0.4, 0.5) is 0 Å². The van der Waals surface area contributed by atoms with Crippen LogP contribution in [-0.2, 0) is 14.3 Å². The molecule has 0 fully saturated rings. The molecule has 0 saturated heterocycles. The molecule has 3 nitrogen and oxygen atoms in total. The highest BCUT2D eigenvalue weighted by Crippen LogP contribution is 2.36. The van der Waals surface area contributed by atoms with E-state index in [0.29, 0.717) is 11.5 Å². The van der Waals surface area contributed by atoms with E-state index in [4.69, 9.17) is 4.43 Å². The first kappa shape index (κ1) is 18.4. The molecule has 120 valence electrons. The summed E-state index contributed by atoms with van der Waals surface area (Å²) in [5, 5.41) is 0.144. The lowest BCUT2D eigenvalue weighted by molar-refractivity contribution is 0.248. The molecule has 5 heteroatoms. The van der Waals surface area contributed by atoms with E-state index in [2.05, 4.69) is 33.9 Å². The molecule has 0 heterocycles. The van der Waals surface area contributed by atoms with Crippen molar-refractivity contribution in [3.05, 3.63) is 30.3 Å². The molecule has 1 unspecified atom stereocenters. The van der Waals surface area contributed by atoms with Crippen LogP contribution in [0.3, 0.4) is 0 Å². The summed E-state index contributed by atoms with van der Waals surface area (Å²) in [6, 6.07) is 8.63. The first-order valence-electron chi connectivity index (χ1n) is 7.37. The van der Waals surface area contributed by atoms with Gasteiger partial charge in [0.05, 0.1) is 10.6 Å². The summed E-state index contributed by atoms with van der Waals surface area (Å²) in [4.78, 5) is 0.393. The van der Waals surface area contributed by atoms with Crippen LogP contribution >= 0.6 is 0 Å². The second-order valence-corrected chi connectivity index (χ2v) is 14.1. The van der Waals surface area contributed by atoms with Crippen LogP contribution in [-0.4, -0.2) is 29.1 Å². The maximum Gasteiger partial charge on any atom is 0.191 e. The van der Waals surface area contributed by atoms with E-state index < -0.39 is 18.2 Å². The van der Waals surface area contributed by atoms with Crippen LogP contribution in [0.1, 0.15) is 27.7 Å². The quantitative estimate of drug-likeness (QED) is 0.738. The summed E-state index contributed by atoms with van der Waals surface area (Å²) in [6.45, 7) is 13.4. The normalized spacial score (nSPS) is 15.0. The maximum atomic E-state index is 12.3. The molecule has 21 heavy (non-hydrogen) atoms. The molecule has 1 atom stereocenters. The fourth-order valence-corrected chi connectivity index (χ4v) is 4.46. The molecule has 0 aromatic heterocycles. The highest BCUT2D eigenvalue weighted by Gasteiger charge is 2.37. The number of benzene rings is 1. The van der Waals surface area contributed by atoms with Crippen LogP contribution in [0.5, 0.6) is 0 Å². The molecule has 1 aromatic carbocycles. The van der Waals surface area contributed by atoms with Gasteiger partial charge in [-0.1, -0.05) is 45.9 Å². The van der Waals surface area contributed by atoms with Gasteiger partial charge in [-0.05, 0) is 36.2 Å². The van der Waals surface area contributed by atoms with Crippen molar-refractivity contribution in [2.24, 2.45) is 5.92 Å². The summed E-state index contributed by atoms with van der Waals surface area (Å²) < 4.78 is 30.8. The van der Waals surface area contributed by atoms with Crippen molar-refractivity contribution in [3.63, 3.8) is 0 Å². The van der Waals surface area contributed by atoms with Gasteiger partial charge in [0.25, 0.3) is 0 Å². The third-order valence-electron chi connectivity index (χ3n) is 4.14. The van der Waals surface area contributed by atoms with Crippen molar-refractivity contribution >= 4 is 18.2 Å². The Morgan fingerprint density at radius 3 is 2.14 bits per heavy atom. The lowest BCUT2D eigenvalue weighted by Crippen LogP contribution is -2.42. The van der Waals surface area contributed by atoms with Crippen LogP contribution in [0.25, 0.3) is 0 Å². The number of rotatable bonds is 6. The SMILES string of the molecule is CC(CO[Si](C)(C)C(C)(C)C)CS(=O)(=O)c1ccccc1. The molecule has 0 N–H and O–H groups in total. The van der Waals surface area contributed by atoms with Crippen LogP contribution < -0.4 is 0 Å². The highest BCUT2D eigenvalue weighted by atomic mass is 32.2. The second-order valence-electron chi connectivity index (χ2n) is 7.27. The monoisotopic (exact) mass is 328 g/mol. The van der Waals surface area contributed by atoms with Crippen molar-refractivity contribution < 1.29 is 12.8 Å². The average molecular weight is 329 g/mol. The summed E-state index contributed by atoms with van der Waals surface area (Å²) in [5.41, 5.74) is 0. The van der Waals surface area contributed by atoms with E-state index in [1.807, 2.05) is 13.0 Å². The van der Waals surface area contributed by atoms with E-state index in [1.165, 1.54) is 0 Å². The predicted molar refractivity (Wildman–Crippen MR) is 90.8 cm³/mol. The molecule has 1 aromatic rings. The van der Waals surface area contributed by atoms with Gasteiger partial charge in [-0.25, -0.2) is 8.42 Å². The third-order valence-corrected chi connectivity index (χ3v) is 10.6. The Kier molecular flexibility index (Phi) is 5.81. The number of hydrogen-bond acceptors (Lipinski definition) is 3. The van der Waals surface area contributed by atoms with Crippen LogP contribution in [0.2, 0.25) is 18.1 Å². The Bertz CT molecular complexity index is 545. The molecular weight excluding hydrogens is 300 g/mol. The van der Waals surface area contributed by atoms with Gasteiger partial charge < -0.3 is 4.43 Å². The number of sulfone groups is 1. The van der Waals surface area contributed by atoms with E-state index in [1.54, 1.807) is 24.3 Å². The smallest absolute Gasteiger partial charge is 0.191 e. The van der Waals surface area contributed by atoms with Crippen molar-refractivity contribution in [1.29, 1.82) is 0 Å². The number of hydrogen-bond donors (Lipinski definition) is 0. The van der Waals surface area contributed by atoms with Crippen molar-refractivity contribution in [2.45, 2.75) is 50.7 Å². The molecule has 0 saturated carbocycles. The van der Waals surface area contributed by atoms with Gasteiger partial charge in [0.1, 0.15) is 0 Å². The maximum absolute atomic E-state index is 12.3. The predicted octanol–water partition coefficient (Wildman–Crippen LogP) is 4.12. The lowest BCUT2D eigenvalue weighted by atomic mass is 10.2. The summed E-state index contributed by atoms with van der Waals surface area (Å²) in [7, 11) is -5.04. The van der Waals surface area contributed by atoms with E-state index >= 15 is 0 Å². The molecule has 0 aliphatic heterocycles. The molecule has 0 amide bonds. The minimum Gasteiger partial charge on any atom is -0.417 e. The zero-order chi connectivity index (χ0) is 16.3. The Balaban J connectivity index is 2.65. The summed E-state index contributed by atoms with van der Waals surface area (Å²) in [5.74, 6) is 0.121. The Morgan fingerprint density at radius 2 is 1.67 bits per heavy atom. The average Bonchev–Trinajstić information content (AvgIpc) is 2.36. The van der Waals surface area contributed by atoms with Gasteiger partial charge in [-0.15, -0.1) is 0 Å². The largest absolute Gasteiger partial charge is 0.417 e. The minimum absolute atomic E-state index is 0.00988. The van der Waals surface area contributed by atoms with Crippen molar-refractivity contribution in [2.75, 3.05) is 12.4 Å². The zero-order valence-electron chi connectivity index (χ0n) is 14.0. The first-order valence-corrected chi connectivity index (χ1v) is 11.9. The molecule has 0 aliphatic rings. The Morgan fingerprint density at radius 1 is 1.14 bits per heavy atom. The first-order chi connectivity index (χ1) is 9.46. The van der Waals surface area contributed by atoms with E-state index in [0.717, 1.165) is 0 Å². The Hall–Kier alpha value is -0.653. The zero-order valence-corrected chi connectivity index (χ0v) is 15.8. The molecular formula is C16H28O3SSi. The van der Waals surface area contributed by atoms with Crippen LogP contribution in [0.15, 0.2) is 35.2 Å². The van der Waals surface area contributed by atoms with Gasteiger partial charge in [0, 0.05) is 6.61 Å². The molecule has 0 bridgehead atoms. The van der Waals surface area contributed by atoms with Gasteiger partial charge in [0.15, 0.2) is 18.2 Å². The highest BCUT2D eigenvalue weighted by molar-refractivity contribution is 7.91. The second kappa shape index (κ2) is 6.63. The van der Waals surface area contributed by atoms with Crippen LogP contribution in [0, 0.1) is 5.92 Å². The van der Waals surface area contributed by atoms with E-state index in [9.17, 15) is 8.42 Å². The topological polar surface area (TPSA) is 43.4 Å². The molecule has 0 spiro atoms. The van der Waals surface area contributed by atoms with Gasteiger partial charge in [-0.3, -0.25) is 0 Å². The van der Waals surface area contributed by atoms with Crippen molar-refractivity contribution in [3.8, 4) is 0 Å². The fourth-order valence-electron chi connectivity index (χ4n) is 1.71. The fraction of sp³-hybridized carbons (Fsp3) is 0.625. The Labute approximate surface area is 130 Å². The van der Waals surface area contributed by atoms with Crippen molar-refractivity contribution in [1.82, 2.24) is 0 Å². The minimum atomic E-state index is -3.23.